The van der Waals surface area contributed by atoms with E-state index in [1.54, 1.807) is 41.1 Å². The minimum Gasteiger partial charge on any atom is -0.321 e. The lowest BCUT2D eigenvalue weighted by atomic mass is 9.99. The number of fused-ring (bicyclic) bond motifs is 2. The molecule has 0 bridgehead atoms. The van der Waals surface area contributed by atoms with Crippen molar-refractivity contribution in [2.24, 2.45) is 5.92 Å². The van der Waals surface area contributed by atoms with Crippen LogP contribution >= 0.6 is 22.7 Å². The summed E-state index contributed by atoms with van der Waals surface area (Å²) in [7, 11) is 0. The van der Waals surface area contributed by atoms with E-state index in [1.807, 2.05) is 24.3 Å². The standard InChI is InChI=1S/C28H30N4O2S2/c1-17(2)5-3-7-20(33)14-24-26(21-10-12-30-16-25(21)35-24)28-32-22-13-18(8-9-23(22)36-28)27(34)31-19-6-4-11-29-15-19/h4,6,8-9,11,13,15,17,30H,3,5,7,10,12,14,16H2,1-2H3,(H,31,34). The van der Waals surface area contributed by atoms with E-state index in [2.05, 4.69) is 29.5 Å². The second kappa shape index (κ2) is 11.0. The van der Waals surface area contributed by atoms with Crippen LogP contribution in [0.2, 0.25) is 0 Å². The van der Waals surface area contributed by atoms with Crippen molar-refractivity contribution < 1.29 is 9.59 Å². The predicted molar refractivity (Wildman–Crippen MR) is 148 cm³/mol. The van der Waals surface area contributed by atoms with E-state index in [9.17, 15) is 9.59 Å². The van der Waals surface area contributed by atoms with Gasteiger partial charge < -0.3 is 10.6 Å². The van der Waals surface area contributed by atoms with Gasteiger partial charge in [-0.05, 0) is 61.2 Å². The molecule has 0 atom stereocenters. The smallest absolute Gasteiger partial charge is 0.255 e. The van der Waals surface area contributed by atoms with Crippen LogP contribution in [0.3, 0.4) is 0 Å². The van der Waals surface area contributed by atoms with E-state index >= 15 is 0 Å². The molecule has 0 spiro atoms. The number of thiazole rings is 1. The molecule has 2 N–H and O–H groups in total. The molecule has 1 aromatic carbocycles. The second-order valence-corrected chi connectivity index (χ2v) is 11.8. The van der Waals surface area contributed by atoms with E-state index in [0.717, 1.165) is 58.0 Å². The highest BCUT2D eigenvalue weighted by Gasteiger charge is 2.25. The quantitative estimate of drug-likeness (QED) is 0.273. The van der Waals surface area contributed by atoms with Gasteiger partial charge in [0, 0.05) is 46.5 Å². The summed E-state index contributed by atoms with van der Waals surface area (Å²) in [5.41, 5.74) is 4.49. The largest absolute Gasteiger partial charge is 0.321 e. The van der Waals surface area contributed by atoms with Gasteiger partial charge in [0.15, 0.2) is 0 Å². The van der Waals surface area contributed by atoms with E-state index in [-0.39, 0.29) is 5.91 Å². The molecule has 8 heteroatoms. The van der Waals surface area contributed by atoms with Gasteiger partial charge in [-0.1, -0.05) is 20.3 Å². The third-order valence-electron chi connectivity index (χ3n) is 6.38. The molecule has 5 rings (SSSR count). The molecule has 0 aliphatic carbocycles. The van der Waals surface area contributed by atoms with Crippen molar-refractivity contribution >= 4 is 50.3 Å². The number of thiophene rings is 1. The van der Waals surface area contributed by atoms with Crippen LogP contribution in [-0.4, -0.2) is 28.2 Å². The molecule has 3 aromatic heterocycles. The van der Waals surface area contributed by atoms with Crippen molar-refractivity contribution in [1.82, 2.24) is 15.3 Å². The van der Waals surface area contributed by atoms with Crippen molar-refractivity contribution in [3.63, 3.8) is 0 Å². The molecule has 1 aliphatic rings. The number of nitrogens with one attached hydrogen (secondary N) is 2. The third kappa shape index (κ3) is 5.56. The number of hydrogen-bond acceptors (Lipinski definition) is 7. The van der Waals surface area contributed by atoms with Gasteiger partial charge in [0.1, 0.15) is 10.8 Å². The Morgan fingerprint density at radius 2 is 2.08 bits per heavy atom. The predicted octanol–water partition coefficient (Wildman–Crippen LogP) is 6.26. The van der Waals surface area contributed by atoms with Gasteiger partial charge in [-0.2, -0.15) is 0 Å². The Morgan fingerprint density at radius 3 is 2.89 bits per heavy atom. The Hall–Kier alpha value is -2.94. The normalized spacial score (nSPS) is 13.2. The maximum Gasteiger partial charge on any atom is 0.255 e. The first-order valence-corrected chi connectivity index (χ1v) is 14.1. The van der Waals surface area contributed by atoms with Gasteiger partial charge in [0.05, 0.1) is 22.1 Å². The van der Waals surface area contributed by atoms with Crippen LogP contribution in [0, 0.1) is 5.92 Å². The first-order valence-electron chi connectivity index (χ1n) is 12.5. The first kappa shape index (κ1) is 24.7. The van der Waals surface area contributed by atoms with Gasteiger partial charge >= 0.3 is 0 Å². The van der Waals surface area contributed by atoms with E-state index in [0.29, 0.717) is 35.8 Å². The molecule has 6 nitrogen and oxygen atoms in total. The molecule has 4 aromatic rings. The minimum atomic E-state index is -0.189. The Bertz CT molecular complexity index is 1390. The highest BCUT2D eigenvalue weighted by atomic mass is 32.1. The molecule has 1 aliphatic heterocycles. The molecule has 0 unspecified atom stereocenters. The summed E-state index contributed by atoms with van der Waals surface area (Å²) < 4.78 is 1.03. The Morgan fingerprint density at radius 1 is 1.19 bits per heavy atom. The number of carbonyl (C=O) groups excluding carboxylic acids is 2. The number of aromatic nitrogens is 2. The lowest BCUT2D eigenvalue weighted by Crippen LogP contribution is -2.22. The zero-order valence-electron chi connectivity index (χ0n) is 20.6. The maximum atomic E-state index is 12.9. The fourth-order valence-electron chi connectivity index (χ4n) is 4.55. The lowest BCUT2D eigenvalue weighted by Gasteiger charge is -2.13. The molecular formula is C28H30N4O2S2. The highest BCUT2D eigenvalue weighted by Crippen LogP contribution is 2.42. The van der Waals surface area contributed by atoms with Crippen LogP contribution in [0.1, 0.15) is 58.8 Å². The van der Waals surface area contributed by atoms with Gasteiger partial charge in [0.2, 0.25) is 0 Å². The van der Waals surface area contributed by atoms with E-state index in [1.165, 1.54) is 10.4 Å². The molecule has 0 saturated carbocycles. The topological polar surface area (TPSA) is 84.0 Å². The third-order valence-corrected chi connectivity index (χ3v) is 8.66. The fraction of sp³-hybridized carbons (Fsp3) is 0.357. The fourth-order valence-corrected chi connectivity index (χ4v) is 7.02. The number of rotatable bonds is 9. The summed E-state index contributed by atoms with van der Waals surface area (Å²) >= 11 is 3.39. The van der Waals surface area contributed by atoms with Crippen molar-refractivity contribution in [3.05, 3.63) is 63.6 Å². The summed E-state index contributed by atoms with van der Waals surface area (Å²) in [5, 5.41) is 7.29. The van der Waals surface area contributed by atoms with Crippen LogP contribution in [0.15, 0.2) is 42.7 Å². The number of Topliss-reactive ketones (excluding diaryl/α,β-unsaturated/α-hetero) is 1. The Labute approximate surface area is 219 Å². The summed E-state index contributed by atoms with van der Waals surface area (Å²) in [6.07, 6.45) is 7.37. The van der Waals surface area contributed by atoms with Crippen molar-refractivity contribution in [3.8, 4) is 10.6 Å². The Balaban J connectivity index is 1.43. The monoisotopic (exact) mass is 518 g/mol. The van der Waals surface area contributed by atoms with Gasteiger partial charge in [-0.3, -0.25) is 14.6 Å². The van der Waals surface area contributed by atoms with Gasteiger partial charge in [-0.15, -0.1) is 22.7 Å². The van der Waals surface area contributed by atoms with Crippen LogP contribution in [0.25, 0.3) is 20.8 Å². The van der Waals surface area contributed by atoms with Crippen molar-refractivity contribution in [2.75, 3.05) is 11.9 Å². The summed E-state index contributed by atoms with van der Waals surface area (Å²) in [5.74, 6) is 0.734. The minimum absolute atomic E-state index is 0.189. The molecule has 1 amide bonds. The number of amides is 1. The Kier molecular flexibility index (Phi) is 7.55. The number of ketones is 1. The van der Waals surface area contributed by atoms with Crippen LogP contribution in [-0.2, 0) is 24.2 Å². The molecule has 0 radical (unpaired) electrons. The average Bonchev–Trinajstić information content (AvgIpc) is 3.44. The maximum absolute atomic E-state index is 12.9. The molecule has 186 valence electrons. The number of anilines is 1. The molecular weight excluding hydrogens is 488 g/mol. The zero-order valence-corrected chi connectivity index (χ0v) is 22.2. The first-order chi connectivity index (χ1) is 17.5. The summed E-state index contributed by atoms with van der Waals surface area (Å²) in [4.78, 5) is 37.1. The van der Waals surface area contributed by atoms with E-state index in [4.69, 9.17) is 4.98 Å². The zero-order chi connectivity index (χ0) is 25.1. The molecule has 0 fully saturated rings. The molecule has 0 saturated heterocycles. The van der Waals surface area contributed by atoms with Crippen LogP contribution in [0.5, 0.6) is 0 Å². The highest BCUT2D eigenvalue weighted by molar-refractivity contribution is 7.22. The number of carbonyl (C=O) groups is 2. The molecule has 4 heterocycles. The number of benzene rings is 1. The summed E-state index contributed by atoms with van der Waals surface area (Å²) in [6.45, 7) is 6.17. The lowest BCUT2D eigenvalue weighted by molar-refractivity contribution is -0.118. The average molecular weight is 519 g/mol. The summed E-state index contributed by atoms with van der Waals surface area (Å²) in [6, 6.07) is 9.24. The number of hydrogen-bond donors (Lipinski definition) is 2. The van der Waals surface area contributed by atoms with Crippen molar-refractivity contribution in [1.29, 1.82) is 0 Å². The second-order valence-electron chi connectivity index (χ2n) is 9.63. The number of pyridine rings is 1. The van der Waals surface area contributed by atoms with E-state index < -0.39 is 0 Å². The SMILES string of the molecule is CC(C)CCCC(=O)Cc1sc2c(c1-c1nc3cc(C(=O)Nc4cccnc4)ccc3s1)CCNC2. The van der Waals surface area contributed by atoms with Crippen molar-refractivity contribution in [2.45, 2.75) is 52.5 Å². The van der Waals surface area contributed by atoms with Crippen LogP contribution in [0.4, 0.5) is 5.69 Å². The van der Waals surface area contributed by atoms with Gasteiger partial charge in [-0.25, -0.2) is 4.98 Å². The number of nitrogens with zero attached hydrogens (tertiary/aromatic N) is 2. The van der Waals surface area contributed by atoms with Gasteiger partial charge in [0.25, 0.3) is 5.91 Å². The van der Waals surface area contributed by atoms with Crippen LogP contribution < -0.4 is 10.6 Å². The molecule has 36 heavy (non-hydrogen) atoms.